The van der Waals surface area contributed by atoms with E-state index in [0.717, 1.165) is 4.47 Å². The molecule has 4 nitrogen and oxygen atoms in total. The number of nitrogens with two attached hydrogens (primary N) is 1. The van der Waals surface area contributed by atoms with Gasteiger partial charge in [-0.05, 0) is 12.1 Å². The average molecular weight is 292 g/mol. The van der Waals surface area contributed by atoms with Gasteiger partial charge in [-0.3, -0.25) is 0 Å². The van der Waals surface area contributed by atoms with Gasteiger partial charge in [0, 0.05) is 16.5 Å². The molecule has 0 radical (unpaired) electrons. The zero-order chi connectivity index (χ0) is 11.1. The van der Waals surface area contributed by atoms with Crippen molar-refractivity contribution >= 4 is 26.0 Å². The van der Waals surface area contributed by atoms with Crippen LogP contribution >= 0.6 is 15.9 Å². The topological polar surface area (TPSA) is 69.4 Å². The lowest BCUT2D eigenvalue weighted by atomic mass is 10.1. The van der Waals surface area contributed by atoms with Gasteiger partial charge in [-0.15, -0.1) is 0 Å². The quantitative estimate of drug-likeness (QED) is 0.854. The normalized spacial score (nSPS) is 20.5. The Morgan fingerprint density at radius 3 is 2.87 bits per heavy atom. The van der Waals surface area contributed by atoms with E-state index in [1.54, 1.807) is 18.2 Å². The monoisotopic (exact) mass is 291 g/mol. The average Bonchev–Trinajstić information content (AvgIpc) is 2.15. The molecular weight excluding hydrogens is 282 g/mol. The molecule has 0 spiro atoms. The van der Waals surface area contributed by atoms with Crippen LogP contribution in [0, 0.1) is 0 Å². The van der Waals surface area contributed by atoms with Crippen molar-refractivity contribution in [3.8, 4) is 5.75 Å². The van der Waals surface area contributed by atoms with E-state index in [-0.39, 0.29) is 0 Å². The molecule has 0 fully saturated rings. The summed E-state index contributed by atoms with van der Waals surface area (Å²) < 4.78 is 28.9. The van der Waals surface area contributed by atoms with Crippen LogP contribution in [0.1, 0.15) is 17.2 Å². The molecule has 2 N–H and O–H groups in total. The Balaban J connectivity index is 2.52. The molecule has 0 saturated carbocycles. The molecule has 1 aromatic rings. The Kier molecular flexibility index (Phi) is 2.74. The summed E-state index contributed by atoms with van der Waals surface area (Å²) >= 11 is 3.30. The minimum Gasteiger partial charge on any atom is -0.493 e. The van der Waals surface area contributed by atoms with Gasteiger partial charge in [-0.2, -0.15) is 0 Å². The van der Waals surface area contributed by atoms with E-state index < -0.39 is 15.3 Å². The first-order chi connectivity index (χ1) is 6.98. The summed E-state index contributed by atoms with van der Waals surface area (Å²) in [5.41, 5.74) is 0.645. The lowest BCUT2D eigenvalue weighted by Crippen LogP contribution is -2.26. The molecule has 15 heavy (non-hydrogen) atoms. The van der Waals surface area contributed by atoms with E-state index >= 15 is 0 Å². The molecule has 1 aromatic carbocycles. The van der Waals surface area contributed by atoms with Crippen molar-refractivity contribution in [2.45, 2.75) is 11.7 Å². The van der Waals surface area contributed by atoms with Gasteiger partial charge in [0.1, 0.15) is 11.0 Å². The Bertz CT molecular complexity index is 486. The third-order valence-electron chi connectivity index (χ3n) is 2.36. The highest BCUT2D eigenvalue weighted by Gasteiger charge is 2.30. The Morgan fingerprint density at radius 2 is 2.20 bits per heavy atom. The smallest absolute Gasteiger partial charge is 0.216 e. The summed E-state index contributed by atoms with van der Waals surface area (Å²) in [5, 5.41) is 4.52. The first kappa shape index (κ1) is 10.9. The maximum atomic E-state index is 11.3. The van der Waals surface area contributed by atoms with E-state index in [1.165, 1.54) is 0 Å². The van der Waals surface area contributed by atoms with Crippen LogP contribution in [0.25, 0.3) is 0 Å². The van der Waals surface area contributed by atoms with Crippen LogP contribution in [0.2, 0.25) is 0 Å². The third-order valence-corrected chi connectivity index (χ3v) is 4.13. The number of hydrogen-bond acceptors (Lipinski definition) is 3. The first-order valence-corrected chi connectivity index (χ1v) is 6.82. The SMILES string of the molecule is NS(=O)(=O)C1CCOc2cc(Br)ccc21. The van der Waals surface area contributed by atoms with Crippen molar-refractivity contribution in [3.63, 3.8) is 0 Å². The summed E-state index contributed by atoms with van der Waals surface area (Å²) in [6.07, 6.45) is 0.410. The zero-order valence-corrected chi connectivity index (χ0v) is 10.2. The number of benzene rings is 1. The molecule has 1 aliphatic rings. The molecule has 0 saturated heterocycles. The number of halogens is 1. The summed E-state index contributed by atoms with van der Waals surface area (Å²) in [4.78, 5) is 0. The lowest BCUT2D eigenvalue weighted by Gasteiger charge is -2.24. The molecule has 1 aliphatic heterocycles. The van der Waals surface area contributed by atoms with Crippen molar-refractivity contribution in [1.29, 1.82) is 0 Å². The molecule has 0 aromatic heterocycles. The van der Waals surface area contributed by atoms with Crippen LogP contribution in [0.3, 0.4) is 0 Å². The number of rotatable bonds is 1. The molecule has 2 rings (SSSR count). The van der Waals surface area contributed by atoms with Crippen LogP contribution in [-0.2, 0) is 10.0 Å². The summed E-state index contributed by atoms with van der Waals surface area (Å²) in [6, 6.07) is 5.27. The van der Waals surface area contributed by atoms with Crippen LogP contribution in [0.5, 0.6) is 5.75 Å². The summed E-state index contributed by atoms with van der Waals surface area (Å²) in [5.74, 6) is 0.592. The van der Waals surface area contributed by atoms with E-state index in [0.29, 0.717) is 24.3 Å². The van der Waals surface area contributed by atoms with Crippen molar-refractivity contribution in [3.05, 3.63) is 28.2 Å². The highest BCUT2D eigenvalue weighted by atomic mass is 79.9. The van der Waals surface area contributed by atoms with Gasteiger partial charge in [0.25, 0.3) is 0 Å². The van der Waals surface area contributed by atoms with Crippen molar-refractivity contribution < 1.29 is 13.2 Å². The minimum absolute atomic E-state index is 0.380. The van der Waals surface area contributed by atoms with Crippen molar-refractivity contribution in [1.82, 2.24) is 0 Å². The third kappa shape index (κ3) is 2.16. The van der Waals surface area contributed by atoms with Crippen LogP contribution in [-0.4, -0.2) is 15.0 Å². The maximum absolute atomic E-state index is 11.3. The molecule has 0 bridgehead atoms. The van der Waals surface area contributed by atoms with Gasteiger partial charge in [0.2, 0.25) is 10.0 Å². The Hall–Kier alpha value is -0.590. The summed E-state index contributed by atoms with van der Waals surface area (Å²) in [7, 11) is -3.55. The zero-order valence-electron chi connectivity index (χ0n) is 7.81. The van der Waals surface area contributed by atoms with E-state index in [1.807, 2.05) is 0 Å². The molecule has 1 unspecified atom stereocenters. The second-order valence-corrected chi connectivity index (χ2v) is 6.06. The van der Waals surface area contributed by atoms with E-state index in [4.69, 9.17) is 9.88 Å². The second kappa shape index (κ2) is 3.77. The number of ether oxygens (including phenoxy) is 1. The second-order valence-electron chi connectivity index (χ2n) is 3.40. The molecule has 6 heteroatoms. The van der Waals surface area contributed by atoms with Gasteiger partial charge in [0.05, 0.1) is 6.61 Å². The minimum atomic E-state index is -3.55. The predicted octanol–water partition coefficient (Wildman–Crippen LogP) is 1.56. The number of hydrogen-bond donors (Lipinski definition) is 1. The molecule has 0 amide bonds. The predicted molar refractivity (Wildman–Crippen MR) is 60.1 cm³/mol. The number of primary sulfonamides is 1. The van der Waals surface area contributed by atoms with E-state index in [2.05, 4.69) is 15.9 Å². The van der Waals surface area contributed by atoms with Crippen molar-refractivity contribution in [2.24, 2.45) is 5.14 Å². The standard InChI is InChI=1S/C9H10BrNO3S/c10-6-1-2-7-8(5-6)14-4-3-9(7)15(11,12)13/h1-2,5,9H,3-4H2,(H2,11,12,13). The largest absolute Gasteiger partial charge is 0.493 e. The number of sulfonamides is 1. The highest BCUT2D eigenvalue weighted by Crippen LogP contribution is 2.37. The molecule has 0 aliphatic carbocycles. The molecule has 82 valence electrons. The molecule has 1 heterocycles. The maximum Gasteiger partial charge on any atom is 0.216 e. The van der Waals surface area contributed by atoms with Gasteiger partial charge in [0.15, 0.2) is 0 Å². The molecular formula is C9H10BrNO3S. The Morgan fingerprint density at radius 1 is 1.47 bits per heavy atom. The first-order valence-electron chi connectivity index (χ1n) is 4.42. The molecule has 1 atom stereocenters. The highest BCUT2D eigenvalue weighted by molar-refractivity contribution is 9.10. The van der Waals surface area contributed by atoms with Crippen LogP contribution < -0.4 is 9.88 Å². The van der Waals surface area contributed by atoms with Crippen molar-refractivity contribution in [2.75, 3.05) is 6.61 Å². The van der Waals surface area contributed by atoms with Crippen LogP contribution in [0.15, 0.2) is 22.7 Å². The van der Waals surface area contributed by atoms with Gasteiger partial charge in [-0.25, -0.2) is 13.6 Å². The number of fused-ring (bicyclic) bond motifs is 1. The van der Waals surface area contributed by atoms with Crippen LogP contribution in [0.4, 0.5) is 0 Å². The summed E-state index contributed by atoms with van der Waals surface area (Å²) in [6.45, 7) is 0.380. The van der Waals surface area contributed by atoms with E-state index in [9.17, 15) is 8.42 Å². The fraction of sp³-hybridized carbons (Fsp3) is 0.333. The lowest BCUT2D eigenvalue weighted by molar-refractivity contribution is 0.283. The Labute approximate surface area is 96.6 Å². The van der Waals surface area contributed by atoms with Gasteiger partial charge < -0.3 is 4.74 Å². The van der Waals surface area contributed by atoms with Gasteiger partial charge in [-0.1, -0.05) is 22.0 Å². The van der Waals surface area contributed by atoms with Gasteiger partial charge >= 0.3 is 0 Å². The fourth-order valence-corrected chi connectivity index (χ4v) is 2.99. The fourth-order valence-electron chi connectivity index (χ4n) is 1.67.